The summed E-state index contributed by atoms with van der Waals surface area (Å²) in [6, 6.07) is 2.21. The average molecular weight is 251 g/mol. The van der Waals surface area contributed by atoms with Crippen LogP contribution in [0.15, 0.2) is 5.38 Å². The Balaban J connectivity index is 2.17. The van der Waals surface area contributed by atoms with Crippen LogP contribution in [-0.2, 0) is 6.42 Å². The van der Waals surface area contributed by atoms with Crippen LogP contribution < -0.4 is 5.32 Å². The summed E-state index contributed by atoms with van der Waals surface area (Å²) in [5.41, 5.74) is 1.31. The molecule has 0 saturated carbocycles. The smallest absolute Gasteiger partial charge is 0.0940 e. The highest BCUT2D eigenvalue weighted by Crippen LogP contribution is 2.20. The molecule has 0 bridgehead atoms. The van der Waals surface area contributed by atoms with E-state index in [0.717, 1.165) is 31.6 Å². The maximum Gasteiger partial charge on any atom is 0.0940 e. The number of aromatic nitrogens is 1. The second-order valence-electron chi connectivity index (χ2n) is 5.13. The van der Waals surface area contributed by atoms with Gasteiger partial charge >= 0.3 is 0 Å². The summed E-state index contributed by atoms with van der Waals surface area (Å²) >= 11 is 1.73. The van der Waals surface area contributed by atoms with Gasteiger partial charge in [0.1, 0.15) is 0 Å². The van der Waals surface area contributed by atoms with E-state index >= 15 is 0 Å². The molecule has 94 valence electrons. The van der Waals surface area contributed by atoms with E-state index < -0.39 is 0 Å². The lowest BCUT2D eigenvalue weighted by Gasteiger charge is -2.23. The summed E-state index contributed by atoms with van der Waals surface area (Å²) in [5.74, 6) is 0. The van der Waals surface area contributed by atoms with E-state index in [4.69, 9.17) is 5.26 Å². The Morgan fingerprint density at radius 2 is 2.29 bits per heavy atom. The monoisotopic (exact) mass is 251 g/mol. The van der Waals surface area contributed by atoms with Crippen LogP contribution in [0.4, 0.5) is 0 Å². The quantitative estimate of drug-likeness (QED) is 0.758. The molecule has 0 saturated heterocycles. The zero-order valence-corrected chi connectivity index (χ0v) is 11.7. The molecule has 0 fully saturated rings. The van der Waals surface area contributed by atoms with Crippen LogP contribution in [0.2, 0.25) is 0 Å². The molecular weight excluding hydrogens is 230 g/mol. The van der Waals surface area contributed by atoms with Crippen molar-refractivity contribution in [3.05, 3.63) is 16.1 Å². The highest BCUT2D eigenvalue weighted by atomic mass is 32.1. The van der Waals surface area contributed by atoms with Crippen LogP contribution in [-0.4, -0.2) is 18.1 Å². The molecule has 0 radical (unpaired) electrons. The van der Waals surface area contributed by atoms with Gasteiger partial charge in [-0.25, -0.2) is 4.98 Å². The molecule has 1 rings (SSSR count). The summed E-state index contributed by atoms with van der Waals surface area (Å²) < 4.78 is 0. The SMILES string of the molecule is Cc1csc(CCNCC(C)(C)CCC#N)n1. The molecule has 0 aromatic carbocycles. The highest BCUT2D eigenvalue weighted by Gasteiger charge is 2.16. The van der Waals surface area contributed by atoms with Crippen molar-refractivity contribution >= 4 is 11.3 Å². The molecule has 0 spiro atoms. The number of nitrogens with one attached hydrogen (secondary N) is 1. The van der Waals surface area contributed by atoms with Crippen molar-refractivity contribution in [3.63, 3.8) is 0 Å². The third-order valence-electron chi connectivity index (χ3n) is 2.70. The van der Waals surface area contributed by atoms with Gasteiger partial charge in [-0.1, -0.05) is 13.8 Å². The van der Waals surface area contributed by atoms with Gasteiger partial charge in [-0.2, -0.15) is 5.26 Å². The molecule has 0 unspecified atom stereocenters. The van der Waals surface area contributed by atoms with Gasteiger partial charge in [0.25, 0.3) is 0 Å². The van der Waals surface area contributed by atoms with E-state index in [1.165, 1.54) is 5.01 Å². The Bertz CT molecular complexity index is 376. The molecule has 17 heavy (non-hydrogen) atoms. The number of aryl methyl sites for hydroxylation is 1. The lowest BCUT2D eigenvalue weighted by molar-refractivity contribution is 0.319. The van der Waals surface area contributed by atoms with Crippen molar-refractivity contribution in [3.8, 4) is 6.07 Å². The Kier molecular flexibility index (Phi) is 5.60. The van der Waals surface area contributed by atoms with Gasteiger partial charge < -0.3 is 5.32 Å². The van der Waals surface area contributed by atoms with Gasteiger partial charge in [0.15, 0.2) is 0 Å². The van der Waals surface area contributed by atoms with Gasteiger partial charge in [0.2, 0.25) is 0 Å². The minimum Gasteiger partial charge on any atom is -0.316 e. The van der Waals surface area contributed by atoms with Gasteiger partial charge in [-0.05, 0) is 18.8 Å². The molecule has 0 aliphatic rings. The number of thiazole rings is 1. The number of nitriles is 1. The number of hydrogen-bond acceptors (Lipinski definition) is 4. The fraction of sp³-hybridized carbons (Fsp3) is 0.692. The van der Waals surface area contributed by atoms with Crippen LogP contribution in [0.5, 0.6) is 0 Å². The first-order valence-corrected chi connectivity index (χ1v) is 6.90. The van der Waals surface area contributed by atoms with Crippen LogP contribution in [0, 0.1) is 23.7 Å². The summed E-state index contributed by atoms with van der Waals surface area (Å²) in [4.78, 5) is 4.43. The van der Waals surface area contributed by atoms with Crippen molar-refractivity contribution in [2.75, 3.05) is 13.1 Å². The molecule has 0 aliphatic heterocycles. The summed E-state index contributed by atoms with van der Waals surface area (Å²) in [7, 11) is 0. The van der Waals surface area contributed by atoms with Crippen LogP contribution in [0.3, 0.4) is 0 Å². The summed E-state index contributed by atoms with van der Waals surface area (Å²) in [6.07, 6.45) is 2.58. The Morgan fingerprint density at radius 3 is 2.88 bits per heavy atom. The molecule has 1 N–H and O–H groups in total. The minimum absolute atomic E-state index is 0.203. The lowest BCUT2D eigenvalue weighted by Crippen LogP contribution is -2.30. The molecule has 0 aliphatic carbocycles. The van der Waals surface area contributed by atoms with E-state index in [1.54, 1.807) is 11.3 Å². The first-order chi connectivity index (χ1) is 8.03. The molecule has 3 nitrogen and oxygen atoms in total. The van der Waals surface area contributed by atoms with E-state index in [9.17, 15) is 0 Å². The normalized spacial score (nSPS) is 11.4. The topological polar surface area (TPSA) is 48.7 Å². The highest BCUT2D eigenvalue weighted by molar-refractivity contribution is 7.09. The second kappa shape index (κ2) is 6.73. The maximum atomic E-state index is 8.57. The minimum atomic E-state index is 0.203. The number of hydrogen-bond donors (Lipinski definition) is 1. The van der Waals surface area contributed by atoms with Crippen molar-refractivity contribution in [2.45, 2.75) is 40.0 Å². The Labute approximate surface area is 108 Å². The standard InChI is InChI=1S/C13H21N3S/c1-11-9-17-12(16-11)5-8-15-10-13(2,3)6-4-7-14/h9,15H,4-6,8,10H2,1-3H3. The number of nitrogens with zero attached hydrogens (tertiary/aromatic N) is 2. The van der Waals surface area contributed by atoms with Crippen LogP contribution in [0.25, 0.3) is 0 Å². The third kappa shape index (κ3) is 5.81. The predicted octanol–water partition coefficient (Wildman–Crippen LogP) is 2.91. The molecule has 0 amide bonds. The average Bonchev–Trinajstić information content (AvgIpc) is 2.68. The number of rotatable bonds is 7. The van der Waals surface area contributed by atoms with E-state index in [-0.39, 0.29) is 5.41 Å². The molecular formula is C13H21N3S. The van der Waals surface area contributed by atoms with E-state index in [2.05, 4.69) is 35.6 Å². The van der Waals surface area contributed by atoms with Gasteiger partial charge in [-0.3, -0.25) is 0 Å². The van der Waals surface area contributed by atoms with Gasteiger partial charge in [-0.15, -0.1) is 11.3 Å². The Morgan fingerprint density at radius 1 is 1.53 bits per heavy atom. The van der Waals surface area contributed by atoms with Crippen LogP contribution >= 0.6 is 11.3 Å². The fourth-order valence-electron chi connectivity index (χ4n) is 1.62. The van der Waals surface area contributed by atoms with Crippen LogP contribution in [0.1, 0.15) is 37.4 Å². The Hall–Kier alpha value is -0.920. The van der Waals surface area contributed by atoms with Crippen molar-refractivity contribution < 1.29 is 0 Å². The lowest BCUT2D eigenvalue weighted by atomic mass is 9.88. The maximum absolute atomic E-state index is 8.57. The predicted molar refractivity (Wildman–Crippen MR) is 72.1 cm³/mol. The first kappa shape index (κ1) is 14.1. The summed E-state index contributed by atoms with van der Waals surface area (Å²) in [5, 5.41) is 15.3. The van der Waals surface area contributed by atoms with E-state index in [1.807, 2.05) is 6.92 Å². The van der Waals surface area contributed by atoms with Crippen molar-refractivity contribution in [1.82, 2.24) is 10.3 Å². The van der Waals surface area contributed by atoms with Gasteiger partial charge in [0.05, 0.1) is 11.1 Å². The van der Waals surface area contributed by atoms with Crippen molar-refractivity contribution in [1.29, 1.82) is 5.26 Å². The third-order valence-corrected chi connectivity index (χ3v) is 3.73. The zero-order chi connectivity index (χ0) is 12.7. The summed E-state index contributed by atoms with van der Waals surface area (Å²) in [6.45, 7) is 8.34. The zero-order valence-electron chi connectivity index (χ0n) is 10.9. The largest absolute Gasteiger partial charge is 0.316 e. The van der Waals surface area contributed by atoms with E-state index in [0.29, 0.717) is 6.42 Å². The molecule has 0 atom stereocenters. The van der Waals surface area contributed by atoms with Crippen molar-refractivity contribution in [2.24, 2.45) is 5.41 Å². The van der Waals surface area contributed by atoms with Gasteiger partial charge in [0, 0.05) is 37.0 Å². The molecule has 1 aromatic rings. The molecule has 1 heterocycles. The fourth-order valence-corrected chi connectivity index (χ4v) is 2.40. The molecule has 4 heteroatoms. The first-order valence-electron chi connectivity index (χ1n) is 6.02. The second-order valence-corrected chi connectivity index (χ2v) is 6.07. The molecule has 1 aromatic heterocycles.